The summed E-state index contributed by atoms with van der Waals surface area (Å²) in [6, 6.07) is 6.84. The molecule has 0 aliphatic rings. The van der Waals surface area contributed by atoms with Crippen LogP contribution in [0.1, 0.15) is 17.2 Å². The highest BCUT2D eigenvalue weighted by Crippen LogP contribution is 2.36. The number of phenolic OH excluding ortho intramolecular Hbond substituents is 1. The van der Waals surface area contributed by atoms with E-state index in [0.717, 1.165) is 12.1 Å². The first-order valence-corrected chi connectivity index (χ1v) is 6.72. The van der Waals surface area contributed by atoms with Gasteiger partial charge < -0.3 is 15.6 Å². The monoisotopic (exact) mass is 387 g/mol. The van der Waals surface area contributed by atoms with Crippen LogP contribution in [0.5, 0.6) is 11.5 Å². The number of phenols is 1. The lowest BCUT2D eigenvalue weighted by Gasteiger charge is -2.17. The van der Waals surface area contributed by atoms with Crippen LogP contribution in [0.15, 0.2) is 36.4 Å². The van der Waals surface area contributed by atoms with E-state index in [9.17, 15) is 18.3 Å². The molecule has 0 heterocycles. The molecular formula is C14H11Cl3F3NO2. The summed E-state index contributed by atoms with van der Waals surface area (Å²) in [6.07, 6.45) is -4.76. The summed E-state index contributed by atoms with van der Waals surface area (Å²) < 4.78 is 40.1. The number of hydrogen-bond acceptors (Lipinski definition) is 3. The zero-order valence-electron chi connectivity index (χ0n) is 11.3. The Labute approximate surface area is 146 Å². The molecule has 0 saturated heterocycles. The fourth-order valence-corrected chi connectivity index (χ4v) is 2.52. The maximum absolute atomic E-state index is 12.1. The molecule has 23 heavy (non-hydrogen) atoms. The van der Waals surface area contributed by atoms with Crippen molar-refractivity contribution in [1.82, 2.24) is 0 Å². The molecule has 3 N–H and O–H groups in total. The Morgan fingerprint density at radius 2 is 1.65 bits per heavy atom. The molecule has 0 spiro atoms. The van der Waals surface area contributed by atoms with Crippen molar-refractivity contribution < 1.29 is 23.0 Å². The van der Waals surface area contributed by atoms with Crippen LogP contribution < -0.4 is 10.5 Å². The average molecular weight is 389 g/mol. The molecule has 0 unspecified atom stereocenters. The quantitative estimate of drug-likeness (QED) is 0.772. The number of rotatable bonds is 3. The number of ether oxygens (including phenoxy) is 1. The molecule has 1 atom stereocenters. The molecule has 0 bridgehead atoms. The highest BCUT2D eigenvalue weighted by atomic mass is 35.5. The van der Waals surface area contributed by atoms with Gasteiger partial charge in [0.15, 0.2) is 0 Å². The zero-order chi connectivity index (χ0) is 16.5. The molecule has 2 rings (SSSR count). The molecule has 0 aliphatic carbocycles. The fourth-order valence-electron chi connectivity index (χ4n) is 1.92. The molecule has 0 fully saturated rings. The van der Waals surface area contributed by atoms with Crippen LogP contribution in [-0.4, -0.2) is 11.5 Å². The highest BCUT2D eigenvalue weighted by molar-refractivity contribution is 6.35. The van der Waals surface area contributed by atoms with Gasteiger partial charge in [0.2, 0.25) is 0 Å². The Kier molecular flexibility index (Phi) is 6.41. The summed E-state index contributed by atoms with van der Waals surface area (Å²) in [6.45, 7) is 0. The second-order valence-electron chi connectivity index (χ2n) is 4.41. The maximum Gasteiger partial charge on any atom is 0.573 e. The Morgan fingerprint density at radius 3 is 2.13 bits per heavy atom. The Balaban J connectivity index is 0.00000264. The van der Waals surface area contributed by atoms with Crippen LogP contribution in [0.2, 0.25) is 10.0 Å². The predicted molar refractivity (Wildman–Crippen MR) is 84.5 cm³/mol. The van der Waals surface area contributed by atoms with Gasteiger partial charge in [-0.3, -0.25) is 0 Å². The van der Waals surface area contributed by atoms with Gasteiger partial charge in [0.05, 0.1) is 11.1 Å². The van der Waals surface area contributed by atoms with Gasteiger partial charge in [-0.05, 0) is 29.8 Å². The zero-order valence-corrected chi connectivity index (χ0v) is 13.6. The minimum atomic E-state index is -4.76. The second kappa shape index (κ2) is 7.49. The van der Waals surface area contributed by atoms with Crippen molar-refractivity contribution >= 4 is 35.6 Å². The third-order valence-electron chi connectivity index (χ3n) is 2.86. The number of benzene rings is 2. The molecule has 9 heteroatoms. The second-order valence-corrected chi connectivity index (χ2v) is 5.26. The van der Waals surface area contributed by atoms with Crippen molar-refractivity contribution in [1.29, 1.82) is 0 Å². The lowest BCUT2D eigenvalue weighted by molar-refractivity contribution is -0.274. The van der Waals surface area contributed by atoms with Gasteiger partial charge in [-0.25, -0.2) is 0 Å². The first kappa shape index (κ1) is 19.7. The molecule has 0 radical (unpaired) electrons. The number of aromatic hydroxyl groups is 1. The van der Waals surface area contributed by atoms with Crippen molar-refractivity contribution in [2.45, 2.75) is 12.4 Å². The molecule has 126 valence electrons. The fraction of sp³-hybridized carbons (Fsp3) is 0.143. The third kappa shape index (κ3) is 5.07. The predicted octanol–water partition coefficient (Wildman–Crippen LogP) is 5.07. The van der Waals surface area contributed by atoms with Crippen LogP contribution in [0, 0.1) is 0 Å². The van der Waals surface area contributed by atoms with Gasteiger partial charge in [-0.2, -0.15) is 0 Å². The molecule has 3 nitrogen and oxygen atoms in total. The van der Waals surface area contributed by atoms with Crippen LogP contribution >= 0.6 is 35.6 Å². The standard InChI is InChI=1S/C14H10Cl2F3NO2.ClH/c15-8-5-10(16)12(11(21)6-8)13(20)7-1-3-9(4-2-7)22-14(17,18)19;/h1-6,13,21H,20H2;1H/t13-;/m1./s1. The molecule has 0 amide bonds. The lowest BCUT2D eigenvalue weighted by Crippen LogP contribution is -2.17. The van der Waals surface area contributed by atoms with Crippen molar-refractivity contribution in [3.63, 3.8) is 0 Å². The van der Waals surface area contributed by atoms with Crippen molar-refractivity contribution in [3.05, 3.63) is 57.6 Å². The van der Waals surface area contributed by atoms with E-state index in [4.69, 9.17) is 28.9 Å². The smallest absolute Gasteiger partial charge is 0.507 e. The van der Waals surface area contributed by atoms with E-state index in [0.29, 0.717) is 5.56 Å². The average Bonchev–Trinajstić information content (AvgIpc) is 2.36. The topological polar surface area (TPSA) is 55.5 Å². The summed E-state index contributed by atoms with van der Waals surface area (Å²) in [5, 5.41) is 10.3. The first-order valence-electron chi connectivity index (χ1n) is 5.96. The van der Waals surface area contributed by atoms with Gasteiger partial charge >= 0.3 is 6.36 Å². The van der Waals surface area contributed by atoms with Crippen LogP contribution in [0.4, 0.5) is 13.2 Å². The van der Waals surface area contributed by atoms with E-state index in [2.05, 4.69) is 4.74 Å². The van der Waals surface area contributed by atoms with Gasteiger partial charge in [0, 0.05) is 10.6 Å². The summed E-state index contributed by atoms with van der Waals surface area (Å²) in [5.74, 6) is -0.560. The Bertz CT molecular complexity index is 655. The lowest BCUT2D eigenvalue weighted by atomic mass is 9.98. The molecule has 0 aliphatic heterocycles. The van der Waals surface area contributed by atoms with Crippen LogP contribution in [0.25, 0.3) is 0 Å². The van der Waals surface area contributed by atoms with Gasteiger partial charge in [0.1, 0.15) is 11.5 Å². The van der Waals surface area contributed by atoms with Crippen LogP contribution in [-0.2, 0) is 0 Å². The van der Waals surface area contributed by atoms with Gasteiger partial charge in [0.25, 0.3) is 0 Å². The largest absolute Gasteiger partial charge is 0.573 e. The van der Waals surface area contributed by atoms with E-state index in [1.165, 1.54) is 24.3 Å². The maximum atomic E-state index is 12.1. The van der Waals surface area contributed by atoms with E-state index in [1.807, 2.05) is 0 Å². The Hall–Kier alpha value is -1.34. The summed E-state index contributed by atoms with van der Waals surface area (Å²) in [5.41, 5.74) is 6.68. The minimum absolute atomic E-state index is 0. The van der Waals surface area contributed by atoms with Gasteiger partial charge in [-0.1, -0.05) is 35.3 Å². The summed E-state index contributed by atoms with van der Waals surface area (Å²) in [7, 11) is 0. The number of hydrogen-bond donors (Lipinski definition) is 2. The number of halogens is 6. The first-order chi connectivity index (χ1) is 10.2. The van der Waals surface area contributed by atoms with Crippen molar-refractivity contribution in [3.8, 4) is 11.5 Å². The number of alkyl halides is 3. The highest BCUT2D eigenvalue weighted by Gasteiger charge is 2.31. The molecule has 2 aromatic carbocycles. The normalized spacial score (nSPS) is 12.4. The summed E-state index contributed by atoms with van der Waals surface area (Å²) >= 11 is 11.7. The SMILES string of the molecule is Cl.N[C@H](c1ccc(OC(F)(F)F)cc1)c1c(O)cc(Cl)cc1Cl. The number of nitrogens with two attached hydrogens (primary N) is 1. The van der Waals surface area contributed by atoms with E-state index in [-0.39, 0.29) is 39.5 Å². The molecule has 0 saturated carbocycles. The molecule has 2 aromatic rings. The van der Waals surface area contributed by atoms with E-state index >= 15 is 0 Å². The molecule has 0 aromatic heterocycles. The van der Waals surface area contributed by atoms with E-state index in [1.54, 1.807) is 0 Å². The van der Waals surface area contributed by atoms with Gasteiger partial charge in [-0.15, -0.1) is 25.6 Å². The van der Waals surface area contributed by atoms with Crippen molar-refractivity contribution in [2.24, 2.45) is 5.73 Å². The van der Waals surface area contributed by atoms with Crippen LogP contribution in [0.3, 0.4) is 0 Å². The molecular weight excluding hydrogens is 378 g/mol. The Morgan fingerprint density at radius 1 is 1.09 bits per heavy atom. The van der Waals surface area contributed by atoms with E-state index < -0.39 is 12.4 Å². The third-order valence-corrected chi connectivity index (χ3v) is 3.39. The summed E-state index contributed by atoms with van der Waals surface area (Å²) in [4.78, 5) is 0. The minimum Gasteiger partial charge on any atom is -0.507 e. The van der Waals surface area contributed by atoms with Crippen molar-refractivity contribution in [2.75, 3.05) is 0 Å².